The largest absolute Gasteiger partial charge is 0.325 e. The molecular formula is C10H9OP. The molecule has 0 aromatic heterocycles. The van der Waals surface area contributed by atoms with Crippen molar-refractivity contribution in [1.82, 2.24) is 0 Å². The van der Waals surface area contributed by atoms with E-state index in [1.807, 2.05) is 42.5 Å². The summed E-state index contributed by atoms with van der Waals surface area (Å²) in [7, 11) is -0.823. The topological polar surface area (TPSA) is 17.1 Å². The molecule has 0 bridgehead atoms. The predicted molar refractivity (Wildman–Crippen MR) is 54.0 cm³/mol. The number of rotatable bonds is 1. The van der Waals surface area contributed by atoms with E-state index >= 15 is 0 Å². The highest BCUT2D eigenvalue weighted by Crippen LogP contribution is 2.13. The molecule has 0 saturated heterocycles. The number of hydrogen-bond acceptors (Lipinski definition) is 1. The van der Waals surface area contributed by atoms with Crippen LogP contribution in [-0.4, -0.2) is 0 Å². The van der Waals surface area contributed by atoms with Crippen molar-refractivity contribution in [3.63, 3.8) is 0 Å². The van der Waals surface area contributed by atoms with E-state index in [2.05, 4.69) is 0 Å². The molecule has 0 amide bonds. The molecule has 0 aliphatic rings. The van der Waals surface area contributed by atoms with E-state index < -0.39 is 8.46 Å². The molecule has 1 atom stereocenters. The molecule has 0 heterocycles. The van der Waals surface area contributed by atoms with Gasteiger partial charge in [0.05, 0.1) is 8.46 Å². The van der Waals surface area contributed by atoms with Crippen molar-refractivity contribution < 1.29 is 4.57 Å². The second-order valence-electron chi connectivity index (χ2n) is 2.69. The normalized spacial score (nSPS) is 11.3. The Morgan fingerprint density at radius 1 is 0.917 bits per heavy atom. The Bertz CT molecular complexity index is 418. The smallest absolute Gasteiger partial charge is 0.0927 e. The van der Waals surface area contributed by atoms with Crippen LogP contribution in [0.4, 0.5) is 0 Å². The Hall–Kier alpha value is -1.07. The lowest BCUT2D eigenvalue weighted by Crippen LogP contribution is -1.91. The van der Waals surface area contributed by atoms with E-state index in [1.54, 1.807) is 0 Å². The highest BCUT2D eigenvalue weighted by Gasteiger charge is 1.95. The Balaban J connectivity index is 2.88. The van der Waals surface area contributed by atoms with Crippen molar-refractivity contribution in [3.05, 3.63) is 42.5 Å². The molecule has 0 saturated carbocycles. The maximum atomic E-state index is 10.8. The third kappa shape index (κ3) is 1.17. The first-order valence-electron chi connectivity index (χ1n) is 3.85. The molecule has 0 radical (unpaired) electrons. The molecule has 0 fully saturated rings. The van der Waals surface area contributed by atoms with Crippen LogP contribution >= 0.6 is 8.46 Å². The second-order valence-corrected chi connectivity index (χ2v) is 3.54. The highest BCUT2D eigenvalue weighted by atomic mass is 31.1. The van der Waals surface area contributed by atoms with Gasteiger partial charge in [0.15, 0.2) is 0 Å². The zero-order valence-electron chi connectivity index (χ0n) is 6.53. The summed E-state index contributed by atoms with van der Waals surface area (Å²) in [6.07, 6.45) is 0. The predicted octanol–water partition coefficient (Wildman–Crippen LogP) is 2.22. The lowest BCUT2D eigenvalue weighted by molar-refractivity contribution is 0.603. The van der Waals surface area contributed by atoms with Crippen LogP contribution in [-0.2, 0) is 4.57 Å². The zero-order valence-corrected chi connectivity index (χ0v) is 7.68. The first-order chi connectivity index (χ1) is 5.92. The van der Waals surface area contributed by atoms with Gasteiger partial charge in [0, 0.05) is 5.30 Å². The van der Waals surface area contributed by atoms with Crippen LogP contribution in [0.3, 0.4) is 0 Å². The fourth-order valence-corrected chi connectivity index (χ4v) is 1.93. The van der Waals surface area contributed by atoms with Crippen molar-refractivity contribution in [2.45, 2.75) is 0 Å². The zero-order chi connectivity index (χ0) is 8.39. The third-order valence-electron chi connectivity index (χ3n) is 1.95. The molecule has 12 heavy (non-hydrogen) atoms. The first-order valence-corrected chi connectivity index (χ1v) is 4.89. The van der Waals surface area contributed by atoms with Crippen molar-refractivity contribution >= 4 is 24.5 Å². The quantitative estimate of drug-likeness (QED) is 0.609. The number of hydrogen-bond donors (Lipinski definition) is 0. The molecule has 1 nitrogen and oxygen atoms in total. The fourth-order valence-electron chi connectivity index (χ4n) is 1.35. The lowest BCUT2D eigenvalue weighted by Gasteiger charge is -1.98. The van der Waals surface area contributed by atoms with Gasteiger partial charge in [-0.3, -0.25) is 0 Å². The molecule has 2 heteroatoms. The summed E-state index contributed by atoms with van der Waals surface area (Å²) in [5.74, 6) is 0. The Morgan fingerprint density at radius 3 is 2.50 bits per heavy atom. The molecule has 0 N–H and O–H groups in total. The molecule has 0 aliphatic heterocycles. The van der Waals surface area contributed by atoms with Gasteiger partial charge in [-0.2, -0.15) is 0 Å². The van der Waals surface area contributed by atoms with Crippen LogP contribution < -0.4 is 5.30 Å². The summed E-state index contributed by atoms with van der Waals surface area (Å²) < 4.78 is 10.8. The molecule has 1 unspecified atom stereocenters. The van der Waals surface area contributed by atoms with E-state index in [9.17, 15) is 4.57 Å². The molecule has 2 aromatic carbocycles. The summed E-state index contributed by atoms with van der Waals surface area (Å²) in [6.45, 7) is 0. The van der Waals surface area contributed by atoms with Gasteiger partial charge in [-0.15, -0.1) is 0 Å². The van der Waals surface area contributed by atoms with Crippen molar-refractivity contribution in [3.8, 4) is 0 Å². The Morgan fingerprint density at radius 2 is 1.67 bits per heavy atom. The van der Waals surface area contributed by atoms with Crippen molar-refractivity contribution in [2.75, 3.05) is 0 Å². The summed E-state index contributed by atoms with van der Waals surface area (Å²) >= 11 is 0. The summed E-state index contributed by atoms with van der Waals surface area (Å²) in [5.41, 5.74) is 0. The van der Waals surface area contributed by atoms with Gasteiger partial charge in [-0.05, 0) is 10.8 Å². The van der Waals surface area contributed by atoms with Gasteiger partial charge < -0.3 is 4.57 Å². The first kappa shape index (κ1) is 7.57. The maximum Gasteiger partial charge on any atom is 0.0927 e. The van der Waals surface area contributed by atoms with Gasteiger partial charge in [-0.1, -0.05) is 42.5 Å². The van der Waals surface area contributed by atoms with Crippen LogP contribution in [0, 0.1) is 0 Å². The Labute approximate surface area is 72.2 Å². The summed E-state index contributed by atoms with van der Waals surface area (Å²) in [5, 5.41) is 3.25. The van der Waals surface area contributed by atoms with Gasteiger partial charge in [0.25, 0.3) is 0 Å². The number of fused-ring (bicyclic) bond motifs is 1. The van der Waals surface area contributed by atoms with Crippen LogP contribution in [0.5, 0.6) is 0 Å². The number of benzene rings is 2. The minimum atomic E-state index is -0.823. The molecule has 2 rings (SSSR count). The average Bonchev–Trinajstić information content (AvgIpc) is 2.17. The Kier molecular flexibility index (Phi) is 1.97. The molecule has 60 valence electrons. The van der Waals surface area contributed by atoms with E-state index in [0.29, 0.717) is 0 Å². The van der Waals surface area contributed by atoms with E-state index in [0.717, 1.165) is 10.7 Å². The van der Waals surface area contributed by atoms with Crippen molar-refractivity contribution in [1.29, 1.82) is 0 Å². The molecule has 2 aromatic rings. The molecule has 0 aliphatic carbocycles. The van der Waals surface area contributed by atoms with Gasteiger partial charge >= 0.3 is 0 Å². The van der Waals surface area contributed by atoms with E-state index in [4.69, 9.17) is 0 Å². The minimum Gasteiger partial charge on any atom is -0.325 e. The highest BCUT2D eigenvalue weighted by molar-refractivity contribution is 7.34. The molecule has 0 spiro atoms. The SMILES string of the molecule is O=[PH2]c1cccc2ccccc12. The third-order valence-corrected chi connectivity index (χ3v) is 2.71. The van der Waals surface area contributed by atoms with Crippen molar-refractivity contribution in [2.24, 2.45) is 0 Å². The van der Waals surface area contributed by atoms with Gasteiger partial charge in [0.2, 0.25) is 0 Å². The van der Waals surface area contributed by atoms with Crippen LogP contribution in [0.2, 0.25) is 0 Å². The van der Waals surface area contributed by atoms with E-state index in [-0.39, 0.29) is 0 Å². The fraction of sp³-hybridized carbons (Fsp3) is 0. The minimum absolute atomic E-state index is 0.823. The van der Waals surface area contributed by atoms with E-state index in [1.165, 1.54) is 5.39 Å². The average molecular weight is 176 g/mol. The standard InChI is InChI=1S/C10H9OP/c11-12-10-7-3-5-8-4-1-2-6-9(8)10/h1-7H,12H2. The molecular weight excluding hydrogens is 167 g/mol. The summed E-state index contributed by atoms with van der Waals surface area (Å²) in [6, 6.07) is 13.9. The van der Waals surface area contributed by atoms with Crippen LogP contribution in [0.1, 0.15) is 0 Å². The van der Waals surface area contributed by atoms with Crippen LogP contribution in [0.15, 0.2) is 42.5 Å². The van der Waals surface area contributed by atoms with Gasteiger partial charge in [-0.25, -0.2) is 0 Å². The van der Waals surface area contributed by atoms with Gasteiger partial charge in [0.1, 0.15) is 0 Å². The lowest BCUT2D eigenvalue weighted by atomic mass is 10.1. The monoisotopic (exact) mass is 176 g/mol. The summed E-state index contributed by atoms with van der Waals surface area (Å²) in [4.78, 5) is 0. The maximum absolute atomic E-state index is 10.8. The van der Waals surface area contributed by atoms with Crippen LogP contribution in [0.25, 0.3) is 10.8 Å². The second kappa shape index (κ2) is 3.12.